The monoisotopic (exact) mass is 487 g/mol. The van der Waals surface area contributed by atoms with Crippen LogP contribution in [0.1, 0.15) is 19.8 Å². The first kappa shape index (κ1) is 23.4. The number of hydrogen-bond donors (Lipinski definition) is 2. The molecule has 162 valence electrons. The maximum Gasteiger partial charge on any atom is 0.244 e. The van der Waals surface area contributed by atoms with E-state index < -0.39 is 6.04 Å². The topological polar surface area (TPSA) is 67.6 Å². The van der Waals surface area contributed by atoms with Gasteiger partial charge >= 0.3 is 0 Å². The number of para-hydroxylation sites is 1. The molecule has 2 aromatic carbocycles. The molecule has 30 heavy (non-hydrogen) atoms. The van der Waals surface area contributed by atoms with Crippen LogP contribution in [-0.2, 0) is 4.79 Å². The number of hydrogen-bond acceptors (Lipinski definition) is 5. The lowest BCUT2D eigenvalue weighted by molar-refractivity contribution is -0.134. The van der Waals surface area contributed by atoms with Crippen LogP contribution in [0, 0.1) is 5.92 Å². The number of piperidine rings is 1. The molecule has 1 atom stereocenters. The van der Waals surface area contributed by atoms with Crippen LogP contribution in [-0.4, -0.2) is 36.5 Å². The van der Waals surface area contributed by atoms with Gasteiger partial charge in [0, 0.05) is 18.0 Å². The second-order valence-corrected chi connectivity index (χ2v) is 9.46. The van der Waals surface area contributed by atoms with E-state index in [1.54, 1.807) is 24.3 Å². The number of ether oxygens (including phenoxy) is 1. The van der Waals surface area contributed by atoms with E-state index in [9.17, 15) is 4.79 Å². The lowest BCUT2D eigenvalue weighted by Crippen LogP contribution is -2.49. The Morgan fingerprint density at radius 1 is 1.20 bits per heavy atom. The molecule has 3 N–H and O–H groups in total. The molecule has 0 aromatic heterocycles. The summed E-state index contributed by atoms with van der Waals surface area (Å²) in [6.07, 6.45) is 2.00. The van der Waals surface area contributed by atoms with Gasteiger partial charge < -0.3 is 15.4 Å². The predicted molar refractivity (Wildman–Crippen MR) is 126 cm³/mol. The summed E-state index contributed by atoms with van der Waals surface area (Å²) < 4.78 is 9.07. The lowest BCUT2D eigenvalue weighted by Gasteiger charge is -2.33. The molecule has 0 aliphatic carbocycles. The van der Waals surface area contributed by atoms with Gasteiger partial charge in [0.2, 0.25) is 5.91 Å². The van der Waals surface area contributed by atoms with E-state index in [0.717, 1.165) is 30.8 Å². The molecule has 1 aliphatic rings. The highest BCUT2D eigenvalue weighted by atomic mass is 35.5. The SMILES string of the molecule is CC1CCN(C(=O)C(COc2ccccc2Cl)NSc2cc(Cl)c(N)c(Cl)c2)CC1. The van der Waals surface area contributed by atoms with E-state index >= 15 is 0 Å². The molecular weight excluding hydrogens is 465 g/mol. The number of nitrogens with zero attached hydrogens (tertiary/aromatic N) is 1. The molecule has 0 bridgehead atoms. The van der Waals surface area contributed by atoms with Crippen LogP contribution in [0.2, 0.25) is 15.1 Å². The number of carbonyl (C=O) groups is 1. The Hall–Kier alpha value is -1.31. The van der Waals surface area contributed by atoms with Crippen LogP contribution in [0.15, 0.2) is 41.3 Å². The molecule has 0 saturated carbocycles. The highest BCUT2D eigenvalue weighted by Gasteiger charge is 2.28. The minimum absolute atomic E-state index is 0.00547. The van der Waals surface area contributed by atoms with Gasteiger partial charge in [-0.15, -0.1) is 0 Å². The van der Waals surface area contributed by atoms with Crippen LogP contribution in [0.5, 0.6) is 5.75 Å². The van der Waals surface area contributed by atoms with Gasteiger partial charge in [-0.3, -0.25) is 4.79 Å². The third-order valence-corrected chi connectivity index (χ3v) is 6.82. The van der Waals surface area contributed by atoms with E-state index in [-0.39, 0.29) is 12.5 Å². The van der Waals surface area contributed by atoms with Crippen molar-refractivity contribution in [1.29, 1.82) is 0 Å². The van der Waals surface area contributed by atoms with Crippen molar-refractivity contribution in [3.63, 3.8) is 0 Å². The average Bonchev–Trinajstić information content (AvgIpc) is 2.73. The molecule has 1 saturated heterocycles. The zero-order valence-corrected chi connectivity index (χ0v) is 19.6. The number of carbonyl (C=O) groups excluding carboxylic acids is 1. The van der Waals surface area contributed by atoms with Gasteiger partial charge in [-0.1, -0.05) is 53.9 Å². The molecule has 1 heterocycles. The summed E-state index contributed by atoms with van der Waals surface area (Å²) in [4.78, 5) is 15.8. The number of likely N-dealkylation sites (tertiary alicyclic amines) is 1. The molecule has 9 heteroatoms. The third kappa shape index (κ3) is 6.11. The Labute approximate surface area is 196 Å². The number of rotatable bonds is 7. The molecule has 2 aromatic rings. The first-order valence-corrected chi connectivity index (χ1v) is 11.6. The summed E-state index contributed by atoms with van der Waals surface area (Å²) in [6.45, 7) is 3.84. The Balaban J connectivity index is 1.71. The first-order chi connectivity index (χ1) is 14.3. The zero-order valence-electron chi connectivity index (χ0n) is 16.5. The summed E-state index contributed by atoms with van der Waals surface area (Å²) in [5, 5.41) is 1.24. The summed E-state index contributed by atoms with van der Waals surface area (Å²) in [7, 11) is 0. The third-order valence-electron chi connectivity index (χ3n) is 5.01. The van der Waals surface area contributed by atoms with E-state index in [1.165, 1.54) is 11.9 Å². The molecule has 0 radical (unpaired) electrons. The van der Waals surface area contributed by atoms with Crippen molar-refractivity contribution >= 4 is 58.3 Å². The van der Waals surface area contributed by atoms with E-state index in [2.05, 4.69) is 11.6 Å². The molecular formula is C21H24Cl3N3O2S. The van der Waals surface area contributed by atoms with Crippen molar-refractivity contribution in [3.05, 3.63) is 51.5 Å². The number of nitrogen functional groups attached to an aromatic ring is 1. The minimum atomic E-state index is -0.574. The molecule has 5 nitrogen and oxygen atoms in total. The zero-order chi connectivity index (χ0) is 21.7. The van der Waals surface area contributed by atoms with Crippen molar-refractivity contribution in [2.24, 2.45) is 5.92 Å². The number of amides is 1. The normalized spacial score (nSPS) is 15.8. The molecule has 1 fully saturated rings. The fourth-order valence-electron chi connectivity index (χ4n) is 3.10. The van der Waals surface area contributed by atoms with Gasteiger partial charge in [0.05, 0.1) is 20.8 Å². The molecule has 1 aliphatic heterocycles. The molecule has 1 amide bonds. The Bertz CT molecular complexity index is 869. The van der Waals surface area contributed by atoms with Gasteiger partial charge in [0.15, 0.2) is 0 Å². The Morgan fingerprint density at radius 3 is 2.47 bits per heavy atom. The predicted octanol–water partition coefficient (Wildman–Crippen LogP) is 5.53. The summed E-state index contributed by atoms with van der Waals surface area (Å²) in [5.41, 5.74) is 6.14. The van der Waals surface area contributed by atoms with E-state index in [0.29, 0.717) is 32.4 Å². The minimum Gasteiger partial charge on any atom is -0.490 e. The number of nitrogens with two attached hydrogens (primary N) is 1. The highest BCUT2D eigenvalue weighted by Crippen LogP contribution is 2.32. The average molecular weight is 489 g/mol. The molecule has 1 unspecified atom stereocenters. The standard InChI is InChI=1S/C21H24Cl3N3O2S/c1-13-6-8-27(9-7-13)21(28)18(12-29-19-5-3-2-4-15(19)22)26-30-14-10-16(23)20(25)17(24)11-14/h2-5,10-11,13,18,26H,6-9,12,25H2,1H3. The van der Waals surface area contributed by atoms with Crippen molar-refractivity contribution in [3.8, 4) is 5.75 Å². The summed E-state index contributed by atoms with van der Waals surface area (Å²) in [5.74, 6) is 1.16. The lowest BCUT2D eigenvalue weighted by atomic mass is 9.99. The second kappa shape index (κ2) is 10.8. The van der Waals surface area contributed by atoms with Gasteiger partial charge in [0.1, 0.15) is 18.4 Å². The highest BCUT2D eigenvalue weighted by molar-refractivity contribution is 7.97. The summed E-state index contributed by atoms with van der Waals surface area (Å²) in [6, 6.07) is 10.0. The molecule has 0 spiro atoms. The van der Waals surface area contributed by atoms with E-state index in [4.69, 9.17) is 45.3 Å². The quantitative estimate of drug-likeness (QED) is 0.396. The van der Waals surface area contributed by atoms with Gasteiger partial charge in [0.25, 0.3) is 0 Å². The maximum absolute atomic E-state index is 13.2. The van der Waals surface area contributed by atoms with Crippen molar-refractivity contribution in [1.82, 2.24) is 9.62 Å². The Morgan fingerprint density at radius 2 is 1.83 bits per heavy atom. The fraction of sp³-hybridized carbons (Fsp3) is 0.381. The van der Waals surface area contributed by atoms with Gasteiger partial charge in [-0.25, -0.2) is 4.72 Å². The smallest absolute Gasteiger partial charge is 0.244 e. The Kier molecular flexibility index (Phi) is 8.43. The number of halogens is 3. The van der Waals surface area contributed by atoms with Crippen LogP contribution >= 0.6 is 46.8 Å². The van der Waals surface area contributed by atoms with Crippen LogP contribution in [0.3, 0.4) is 0 Å². The number of benzene rings is 2. The maximum atomic E-state index is 13.2. The van der Waals surface area contributed by atoms with E-state index in [1.807, 2.05) is 17.0 Å². The van der Waals surface area contributed by atoms with Crippen molar-refractivity contribution < 1.29 is 9.53 Å². The van der Waals surface area contributed by atoms with Crippen LogP contribution in [0.25, 0.3) is 0 Å². The summed E-state index contributed by atoms with van der Waals surface area (Å²) >= 11 is 19.7. The van der Waals surface area contributed by atoms with Crippen molar-refractivity contribution in [2.45, 2.75) is 30.7 Å². The fourth-order valence-corrected chi connectivity index (χ4v) is 4.71. The second-order valence-electron chi connectivity index (χ2n) is 7.32. The first-order valence-electron chi connectivity index (χ1n) is 9.68. The number of anilines is 1. The largest absolute Gasteiger partial charge is 0.490 e. The van der Waals surface area contributed by atoms with Gasteiger partial charge in [-0.05, 0) is 55.0 Å². The molecule has 3 rings (SSSR count). The van der Waals surface area contributed by atoms with Crippen LogP contribution in [0.4, 0.5) is 5.69 Å². The van der Waals surface area contributed by atoms with Gasteiger partial charge in [-0.2, -0.15) is 0 Å². The number of nitrogens with one attached hydrogen (secondary N) is 1. The van der Waals surface area contributed by atoms with Crippen LogP contribution < -0.4 is 15.2 Å². The van der Waals surface area contributed by atoms with Crippen molar-refractivity contribution in [2.75, 3.05) is 25.4 Å².